The minimum absolute atomic E-state index is 0.0427. The zero-order chi connectivity index (χ0) is 9.97. The molecule has 1 aliphatic heterocycles. The number of rotatable bonds is 2. The second-order valence-corrected chi connectivity index (χ2v) is 3.14. The zero-order valence-electron chi connectivity index (χ0n) is 7.63. The third-order valence-electron chi connectivity index (χ3n) is 2.21. The van der Waals surface area contributed by atoms with E-state index in [0.29, 0.717) is 18.9 Å². The van der Waals surface area contributed by atoms with Gasteiger partial charge in [-0.2, -0.15) is 0 Å². The van der Waals surface area contributed by atoms with Crippen molar-refractivity contribution in [3.8, 4) is 0 Å². The van der Waals surface area contributed by atoms with Gasteiger partial charge in [0.1, 0.15) is 12.7 Å². The van der Waals surface area contributed by atoms with E-state index >= 15 is 0 Å². The summed E-state index contributed by atoms with van der Waals surface area (Å²) in [6.07, 6.45) is 5.06. The topological polar surface area (TPSA) is 59.0 Å². The van der Waals surface area contributed by atoms with E-state index in [0.717, 1.165) is 0 Å². The number of hydrogen-bond donors (Lipinski definition) is 0. The Labute approximate surface area is 81.5 Å². The van der Waals surface area contributed by atoms with Crippen molar-refractivity contribution < 1.29 is 4.79 Å². The quantitative estimate of drug-likeness (QED) is 0.634. The molecule has 0 radical (unpaired) electrons. The van der Waals surface area contributed by atoms with Crippen molar-refractivity contribution in [1.82, 2.24) is 15.0 Å². The van der Waals surface area contributed by atoms with Gasteiger partial charge in [0, 0.05) is 18.9 Å². The van der Waals surface area contributed by atoms with Crippen LogP contribution in [0.4, 0.5) is 5.95 Å². The maximum Gasteiger partial charge on any atom is 0.235 e. The fourth-order valence-corrected chi connectivity index (χ4v) is 1.46. The Kier molecular flexibility index (Phi) is 2.22. The molecule has 14 heavy (non-hydrogen) atoms. The molecule has 1 aliphatic rings. The molecule has 1 atom stereocenters. The highest BCUT2D eigenvalue weighted by Crippen LogP contribution is 2.21. The van der Waals surface area contributed by atoms with Gasteiger partial charge in [0.05, 0.1) is 0 Å². The van der Waals surface area contributed by atoms with E-state index in [1.165, 1.54) is 12.7 Å². The summed E-state index contributed by atoms with van der Waals surface area (Å²) in [4.78, 5) is 24.6. The molecule has 0 N–H and O–H groups in total. The van der Waals surface area contributed by atoms with Crippen LogP contribution in [0.2, 0.25) is 0 Å². The lowest BCUT2D eigenvalue weighted by Gasteiger charge is -2.12. The van der Waals surface area contributed by atoms with E-state index in [-0.39, 0.29) is 11.8 Å². The number of carbonyl (C=O) groups is 1. The molecule has 1 amide bonds. The molecule has 2 heterocycles. The van der Waals surface area contributed by atoms with Crippen LogP contribution in [-0.2, 0) is 4.79 Å². The largest absolute Gasteiger partial charge is 0.280 e. The highest BCUT2D eigenvalue weighted by Gasteiger charge is 2.30. The third kappa shape index (κ3) is 1.48. The number of nitrogens with zero attached hydrogens (tertiary/aromatic N) is 4. The van der Waals surface area contributed by atoms with Crippen molar-refractivity contribution >= 4 is 11.9 Å². The Bertz CT molecular complexity index is 351. The number of amides is 1. The van der Waals surface area contributed by atoms with Crippen molar-refractivity contribution in [3.05, 3.63) is 25.3 Å². The molecule has 1 aromatic heterocycles. The predicted molar refractivity (Wildman–Crippen MR) is 50.5 cm³/mol. The van der Waals surface area contributed by atoms with Crippen LogP contribution < -0.4 is 4.90 Å². The predicted octanol–water partition coefficient (Wildman–Crippen LogP) is 0.410. The molecule has 1 saturated heterocycles. The van der Waals surface area contributed by atoms with Crippen molar-refractivity contribution in [1.29, 1.82) is 0 Å². The summed E-state index contributed by atoms with van der Waals surface area (Å²) in [7, 11) is 0. The van der Waals surface area contributed by atoms with Gasteiger partial charge < -0.3 is 0 Å². The maximum absolute atomic E-state index is 11.5. The van der Waals surface area contributed by atoms with Gasteiger partial charge in [-0.1, -0.05) is 6.08 Å². The molecule has 1 fully saturated rings. The molecular formula is C9H10N4O. The van der Waals surface area contributed by atoms with Crippen LogP contribution in [0.5, 0.6) is 0 Å². The summed E-state index contributed by atoms with van der Waals surface area (Å²) in [5, 5.41) is 0. The monoisotopic (exact) mass is 190 g/mol. The average molecular weight is 190 g/mol. The van der Waals surface area contributed by atoms with E-state index in [4.69, 9.17) is 0 Å². The maximum atomic E-state index is 11.5. The van der Waals surface area contributed by atoms with Gasteiger partial charge in [-0.25, -0.2) is 15.0 Å². The highest BCUT2D eigenvalue weighted by atomic mass is 16.2. The Hall–Kier alpha value is -1.78. The smallest absolute Gasteiger partial charge is 0.235 e. The normalized spacial score (nSPS) is 21.3. The zero-order valence-corrected chi connectivity index (χ0v) is 7.63. The fourth-order valence-electron chi connectivity index (χ4n) is 1.46. The van der Waals surface area contributed by atoms with Crippen molar-refractivity contribution in [3.63, 3.8) is 0 Å². The molecular weight excluding hydrogens is 180 g/mol. The van der Waals surface area contributed by atoms with Gasteiger partial charge >= 0.3 is 0 Å². The Morgan fingerprint density at radius 2 is 2.21 bits per heavy atom. The standard InChI is InChI=1S/C9H10N4O/c1-2-7-3-8(14)13(4-7)9-11-5-10-6-12-9/h2,5-7H,1,3-4H2. The van der Waals surface area contributed by atoms with Gasteiger partial charge in [0.25, 0.3) is 0 Å². The lowest BCUT2D eigenvalue weighted by molar-refractivity contribution is -0.117. The lowest BCUT2D eigenvalue weighted by atomic mass is 10.1. The molecule has 2 rings (SSSR count). The van der Waals surface area contributed by atoms with Crippen LogP contribution in [0.3, 0.4) is 0 Å². The Balaban J connectivity index is 2.21. The lowest BCUT2D eigenvalue weighted by Crippen LogP contribution is -2.26. The molecule has 1 unspecified atom stereocenters. The van der Waals surface area contributed by atoms with Crippen LogP contribution in [-0.4, -0.2) is 27.4 Å². The molecule has 0 spiro atoms. The SMILES string of the molecule is C=CC1CC(=O)N(c2ncncn2)C1. The first-order valence-corrected chi connectivity index (χ1v) is 4.36. The molecule has 5 nitrogen and oxygen atoms in total. The molecule has 0 aliphatic carbocycles. The Morgan fingerprint density at radius 3 is 2.79 bits per heavy atom. The summed E-state index contributed by atoms with van der Waals surface area (Å²) in [5.41, 5.74) is 0. The van der Waals surface area contributed by atoms with Gasteiger partial charge in [-0.15, -0.1) is 6.58 Å². The molecule has 0 bridgehead atoms. The summed E-state index contributed by atoms with van der Waals surface area (Å²) in [5.74, 6) is 0.676. The number of anilines is 1. The average Bonchev–Trinajstić information content (AvgIpc) is 2.61. The summed E-state index contributed by atoms with van der Waals surface area (Å²) < 4.78 is 0. The molecule has 0 saturated carbocycles. The van der Waals surface area contributed by atoms with E-state index < -0.39 is 0 Å². The first kappa shape index (κ1) is 8.80. The first-order chi connectivity index (χ1) is 6.81. The van der Waals surface area contributed by atoms with Crippen molar-refractivity contribution in [2.45, 2.75) is 6.42 Å². The van der Waals surface area contributed by atoms with E-state index in [1.807, 2.05) is 0 Å². The van der Waals surface area contributed by atoms with Crippen molar-refractivity contribution in [2.75, 3.05) is 11.4 Å². The summed E-state index contributed by atoms with van der Waals surface area (Å²) >= 11 is 0. The van der Waals surface area contributed by atoms with E-state index in [9.17, 15) is 4.79 Å². The summed E-state index contributed by atoms with van der Waals surface area (Å²) in [6.45, 7) is 4.29. The highest BCUT2D eigenvalue weighted by molar-refractivity contribution is 5.94. The number of aromatic nitrogens is 3. The van der Waals surface area contributed by atoms with Crippen LogP contribution in [0.25, 0.3) is 0 Å². The first-order valence-electron chi connectivity index (χ1n) is 4.36. The second-order valence-electron chi connectivity index (χ2n) is 3.14. The van der Waals surface area contributed by atoms with Gasteiger partial charge in [0.2, 0.25) is 11.9 Å². The van der Waals surface area contributed by atoms with Gasteiger partial charge in [-0.3, -0.25) is 9.69 Å². The third-order valence-corrected chi connectivity index (χ3v) is 2.21. The minimum atomic E-state index is 0.0427. The molecule has 0 aromatic carbocycles. The van der Waals surface area contributed by atoms with Crippen molar-refractivity contribution in [2.24, 2.45) is 5.92 Å². The second kappa shape index (κ2) is 3.53. The fraction of sp³-hybridized carbons (Fsp3) is 0.333. The molecule has 1 aromatic rings. The minimum Gasteiger partial charge on any atom is -0.280 e. The summed E-state index contributed by atoms with van der Waals surface area (Å²) in [6, 6.07) is 0. The van der Waals surface area contributed by atoms with Crippen LogP contribution in [0, 0.1) is 5.92 Å². The number of hydrogen-bond acceptors (Lipinski definition) is 4. The van der Waals surface area contributed by atoms with E-state index in [2.05, 4.69) is 21.5 Å². The van der Waals surface area contributed by atoms with Gasteiger partial charge in [0.15, 0.2) is 0 Å². The molecule has 72 valence electrons. The van der Waals surface area contributed by atoms with Crippen LogP contribution >= 0.6 is 0 Å². The Morgan fingerprint density at radius 1 is 1.50 bits per heavy atom. The van der Waals surface area contributed by atoms with Gasteiger partial charge in [-0.05, 0) is 0 Å². The molecule has 5 heteroatoms. The van der Waals surface area contributed by atoms with Crippen LogP contribution in [0.1, 0.15) is 6.42 Å². The van der Waals surface area contributed by atoms with E-state index in [1.54, 1.807) is 11.0 Å². The van der Waals surface area contributed by atoms with Crippen LogP contribution in [0.15, 0.2) is 25.3 Å². The number of carbonyl (C=O) groups excluding carboxylic acids is 1.